The molecule has 0 aliphatic heterocycles. The molecular weight excluding hydrogens is 582 g/mol. The van der Waals surface area contributed by atoms with E-state index in [-0.39, 0.29) is 48.2 Å². The van der Waals surface area contributed by atoms with Gasteiger partial charge in [-0.3, -0.25) is 14.4 Å². The maximum atomic E-state index is 13.2. The molecule has 42 heavy (non-hydrogen) atoms. The van der Waals surface area contributed by atoms with Crippen LogP contribution in [0.25, 0.3) is 0 Å². The van der Waals surface area contributed by atoms with E-state index < -0.39 is 28.5 Å². The molecule has 226 valence electrons. The number of nitrogens with two attached hydrogens (primary N) is 1. The summed E-state index contributed by atoms with van der Waals surface area (Å²) >= 11 is 0. The molecule has 0 aliphatic carbocycles. The molecule has 0 bridgehead atoms. The number of esters is 1. The molecule has 0 radical (unpaired) electrons. The minimum Gasteiger partial charge on any atom is -0.480 e. The van der Waals surface area contributed by atoms with Gasteiger partial charge in [0.15, 0.2) is 0 Å². The van der Waals surface area contributed by atoms with E-state index in [1.807, 2.05) is 31.2 Å². The molecule has 0 aromatic heterocycles. The number of nitrogens with zero attached hydrogens (tertiary/aromatic N) is 1. The SMILES string of the molecule is CCCC(=N)c1ccc(CCCC(=O)Oc2ccc(S(=O)(=O)N(CC(=O)O)OCc3ccccc3)cc2CN)cc1.Cl. The van der Waals surface area contributed by atoms with Gasteiger partial charge in [-0.2, -0.15) is 0 Å². The Hall–Kier alpha value is -3.61. The van der Waals surface area contributed by atoms with Gasteiger partial charge in [0.2, 0.25) is 0 Å². The van der Waals surface area contributed by atoms with Crippen molar-refractivity contribution in [3.05, 3.63) is 95.1 Å². The van der Waals surface area contributed by atoms with Crippen LogP contribution in [0.2, 0.25) is 0 Å². The Labute approximate surface area is 252 Å². The zero-order chi connectivity index (χ0) is 29.8. The summed E-state index contributed by atoms with van der Waals surface area (Å²) < 4.78 is 32.4. The van der Waals surface area contributed by atoms with Crippen LogP contribution in [0.1, 0.15) is 54.9 Å². The van der Waals surface area contributed by atoms with E-state index in [2.05, 4.69) is 0 Å². The first-order chi connectivity index (χ1) is 19.6. The van der Waals surface area contributed by atoms with Crippen LogP contribution in [0.3, 0.4) is 0 Å². The van der Waals surface area contributed by atoms with E-state index in [0.29, 0.717) is 28.6 Å². The topological polar surface area (TPSA) is 160 Å². The third-order valence-corrected chi connectivity index (χ3v) is 7.79. The molecule has 3 aromatic carbocycles. The summed E-state index contributed by atoms with van der Waals surface area (Å²) in [5.41, 5.74) is 9.28. The summed E-state index contributed by atoms with van der Waals surface area (Å²) in [4.78, 5) is 29.0. The Morgan fingerprint density at radius 1 is 0.976 bits per heavy atom. The van der Waals surface area contributed by atoms with Crippen LogP contribution in [-0.4, -0.2) is 42.2 Å². The number of sulfonamides is 1. The zero-order valence-electron chi connectivity index (χ0n) is 23.3. The van der Waals surface area contributed by atoms with Crippen molar-refractivity contribution >= 4 is 40.1 Å². The summed E-state index contributed by atoms with van der Waals surface area (Å²) in [6.45, 7) is 0.858. The fraction of sp³-hybridized carbons (Fsp3) is 0.300. The van der Waals surface area contributed by atoms with E-state index in [0.717, 1.165) is 24.0 Å². The second-order valence-corrected chi connectivity index (χ2v) is 11.2. The number of hydrogen-bond acceptors (Lipinski definition) is 8. The molecule has 3 rings (SSSR count). The number of carboxylic acid groups (broad SMARTS) is 1. The number of halogens is 1. The van der Waals surface area contributed by atoms with Gasteiger partial charge in [0.05, 0.1) is 11.5 Å². The number of aryl methyl sites for hydroxylation is 1. The van der Waals surface area contributed by atoms with E-state index in [1.165, 1.54) is 18.2 Å². The molecular formula is C30H36ClN3O7S. The molecule has 0 heterocycles. The second kappa shape index (κ2) is 16.7. The molecule has 0 atom stereocenters. The van der Waals surface area contributed by atoms with Gasteiger partial charge in [-0.05, 0) is 54.2 Å². The fourth-order valence-electron chi connectivity index (χ4n) is 4.00. The number of hydroxylamine groups is 1. The maximum absolute atomic E-state index is 13.2. The number of ether oxygens (including phenoxy) is 1. The first kappa shape index (κ1) is 34.6. The van der Waals surface area contributed by atoms with Gasteiger partial charge in [-0.15, -0.1) is 12.4 Å². The second-order valence-electron chi connectivity index (χ2n) is 9.35. The van der Waals surface area contributed by atoms with Crippen LogP contribution < -0.4 is 10.5 Å². The Balaban J connectivity index is 0.00000616. The molecule has 4 N–H and O–H groups in total. The molecule has 0 aliphatic rings. The van der Waals surface area contributed by atoms with Crippen molar-refractivity contribution in [3.63, 3.8) is 0 Å². The monoisotopic (exact) mass is 617 g/mol. The lowest BCUT2D eigenvalue weighted by Crippen LogP contribution is -2.35. The third-order valence-electron chi connectivity index (χ3n) is 6.17. The van der Waals surface area contributed by atoms with Gasteiger partial charge < -0.3 is 21.0 Å². The summed E-state index contributed by atoms with van der Waals surface area (Å²) in [5, 5.41) is 17.3. The van der Waals surface area contributed by atoms with Gasteiger partial charge in [0.25, 0.3) is 10.0 Å². The zero-order valence-corrected chi connectivity index (χ0v) is 25.0. The van der Waals surface area contributed by atoms with Crippen molar-refractivity contribution in [1.29, 1.82) is 5.41 Å². The van der Waals surface area contributed by atoms with Gasteiger partial charge in [-0.1, -0.05) is 72.4 Å². The molecule has 0 amide bonds. The van der Waals surface area contributed by atoms with Crippen molar-refractivity contribution in [3.8, 4) is 5.75 Å². The van der Waals surface area contributed by atoms with E-state index in [1.54, 1.807) is 30.3 Å². The molecule has 0 spiro atoms. The van der Waals surface area contributed by atoms with Crippen LogP contribution >= 0.6 is 12.4 Å². The normalized spacial score (nSPS) is 11.1. The predicted molar refractivity (Wildman–Crippen MR) is 161 cm³/mol. The van der Waals surface area contributed by atoms with Crippen molar-refractivity contribution in [2.75, 3.05) is 6.54 Å². The maximum Gasteiger partial charge on any atom is 0.321 e. The number of benzene rings is 3. The van der Waals surface area contributed by atoms with Crippen LogP contribution in [-0.2, 0) is 44.0 Å². The number of rotatable bonds is 16. The molecule has 0 fully saturated rings. The highest BCUT2D eigenvalue weighted by atomic mass is 35.5. The van der Waals surface area contributed by atoms with Crippen LogP contribution in [0, 0.1) is 5.41 Å². The Morgan fingerprint density at radius 2 is 1.67 bits per heavy atom. The summed E-state index contributed by atoms with van der Waals surface area (Å²) in [6, 6.07) is 20.3. The van der Waals surface area contributed by atoms with Gasteiger partial charge >= 0.3 is 11.9 Å². The molecule has 10 nitrogen and oxygen atoms in total. The molecule has 0 unspecified atom stereocenters. The van der Waals surface area contributed by atoms with E-state index >= 15 is 0 Å². The number of aliphatic carboxylic acids is 1. The molecule has 3 aromatic rings. The highest BCUT2D eigenvalue weighted by molar-refractivity contribution is 7.89. The first-order valence-electron chi connectivity index (χ1n) is 13.3. The highest BCUT2D eigenvalue weighted by Gasteiger charge is 2.29. The van der Waals surface area contributed by atoms with Crippen molar-refractivity contribution in [2.45, 2.75) is 57.1 Å². The number of carbonyl (C=O) groups excluding carboxylic acids is 1. The van der Waals surface area contributed by atoms with Gasteiger partial charge in [-0.25, -0.2) is 8.42 Å². The fourth-order valence-corrected chi connectivity index (χ4v) is 5.24. The number of carboxylic acids is 1. The Bertz CT molecular complexity index is 1450. The average molecular weight is 618 g/mol. The highest BCUT2D eigenvalue weighted by Crippen LogP contribution is 2.26. The van der Waals surface area contributed by atoms with Gasteiger partial charge in [0, 0.05) is 24.2 Å². The third kappa shape index (κ3) is 10.0. The van der Waals surface area contributed by atoms with Crippen molar-refractivity contribution < 1.29 is 32.7 Å². The number of carbonyl (C=O) groups is 2. The number of nitrogens with one attached hydrogen (secondary N) is 1. The lowest BCUT2D eigenvalue weighted by atomic mass is 10.0. The molecule has 0 saturated carbocycles. The van der Waals surface area contributed by atoms with Crippen LogP contribution in [0.4, 0.5) is 0 Å². The van der Waals surface area contributed by atoms with E-state index in [9.17, 15) is 23.1 Å². The lowest BCUT2D eigenvalue weighted by molar-refractivity contribution is -0.151. The van der Waals surface area contributed by atoms with Crippen molar-refractivity contribution in [1.82, 2.24) is 4.47 Å². The predicted octanol–water partition coefficient (Wildman–Crippen LogP) is 4.87. The quantitative estimate of drug-likeness (QED) is 0.0888. The molecule has 12 heteroatoms. The number of hydrogen-bond donors (Lipinski definition) is 3. The van der Waals surface area contributed by atoms with Crippen molar-refractivity contribution in [2.24, 2.45) is 5.73 Å². The van der Waals surface area contributed by atoms with E-state index in [4.69, 9.17) is 20.7 Å². The Kier molecular flexibility index (Phi) is 13.8. The summed E-state index contributed by atoms with van der Waals surface area (Å²) in [5.74, 6) is -1.75. The molecule has 0 saturated heterocycles. The summed E-state index contributed by atoms with van der Waals surface area (Å²) in [7, 11) is -4.38. The first-order valence-corrected chi connectivity index (χ1v) is 14.7. The van der Waals surface area contributed by atoms with Crippen LogP contribution in [0.5, 0.6) is 5.75 Å². The van der Waals surface area contributed by atoms with Crippen LogP contribution in [0.15, 0.2) is 77.7 Å². The summed E-state index contributed by atoms with van der Waals surface area (Å²) in [6.07, 6.45) is 2.97. The standard InChI is InChI=1S/C30H35N3O7S.ClH/c1-2-7-27(32)24-14-12-22(13-15-24)10-6-11-30(36)40-28-17-16-26(18-25(28)19-31)41(37,38)33(20-29(34)35)39-21-23-8-4-3-5-9-23;/h3-5,8-9,12-18,32H,2,6-7,10-11,19-21,31H2,1H3,(H,34,35);1H. The average Bonchev–Trinajstić information content (AvgIpc) is 2.96. The largest absolute Gasteiger partial charge is 0.480 e. The lowest BCUT2D eigenvalue weighted by Gasteiger charge is -2.20. The van der Waals surface area contributed by atoms with Gasteiger partial charge in [0.1, 0.15) is 12.3 Å². The Morgan fingerprint density at radius 3 is 2.29 bits per heavy atom. The smallest absolute Gasteiger partial charge is 0.321 e. The minimum atomic E-state index is -4.38. The minimum absolute atomic E-state index is 0.